The predicted molar refractivity (Wildman–Crippen MR) is 71.1 cm³/mol. The fourth-order valence-corrected chi connectivity index (χ4v) is 4.21. The van der Waals surface area contributed by atoms with Crippen LogP contribution in [0.2, 0.25) is 0 Å². The first-order valence-corrected chi connectivity index (χ1v) is 6.76. The normalized spacial score (nSPS) is 32.8. The molecule has 3 aliphatic rings. The molecular formula is C16H17NO. The molecule has 3 aliphatic carbocycles. The lowest BCUT2D eigenvalue weighted by atomic mass is 9.63. The zero-order chi connectivity index (χ0) is 12.3. The van der Waals surface area contributed by atoms with Crippen molar-refractivity contribution in [3.8, 4) is 0 Å². The third-order valence-corrected chi connectivity index (χ3v) is 5.17. The molecule has 1 aromatic rings. The van der Waals surface area contributed by atoms with Gasteiger partial charge in [0.05, 0.1) is 0 Å². The van der Waals surface area contributed by atoms with Crippen LogP contribution in [0.1, 0.15) is 30.4 Å². The Morgan fingerprint density at radius 1 is 1.22 bits per heavy atom. The van der Waals surface area contributed by atoms with Crippen LogP contribution >= 0.6 is 0 Å². The van der Waals surface area contributed by atoms with E-state index < -0.39 is 0 Å². The van der Waals surface area contributed by atoms with Crippen LogP contribution in [0, 0.1) is 11.3 Å². The van der Waals surface area contributed by atoms with Gasteiger partial charge >= 0.3 is 0 Å². The number of anilines is 1. The Balaban J connectivity index is 1.80. The Bertz CT molecular complexity index is 587. The monoisotopic (exact) mass is 239 g/mol. The van der Waals surface area contributed by atoms with Gasteiger partial charge in [0.2, 0.25) is 0 Å². The molecule has 92 valence electrons. The van der Waals surface area contributed by atoms with E-state index in [9.17, 15) is 4.79 Å². The Labute approximate surface area is 107 Å². The van der Waals surface area contributed by atoms with E-state index in [-0.39, 0.29) is 5.41 Å². The minimum Gasteiger partial charge on any atom is -0.399 e. The number of rotatable bonds is 0. The molecule has 2 heteroatoms. The van der Waals surface area contributed by atoms with Gasteiger partial charge in [-0.2, -0.15) is 0 Å². The van der Waals surface area contributed by atoms with Crippen LogP contribution in [0.4, 0.5) is 5.69 Å². The van der Waals surface area contributed by atoms with Gasteiger partial charge in [-0.25, -0.2) is 0 Å². The summed E-state index contributed by atoms with van der Waals surface area (Å²) >= 11 is 0. The van der Waals surface area contributed by atoms with Gasteiger partial charge in [-0.15, -0.1) is 0 Å². The van der Waals surface area contributed by atoms with Crippen LogP contribution in [0.15, 0.2) is 29.8 Å². The summed E-state index contributed by atoms with van der Waals surface area (Å²) in [6.07, 6.45) is 7.14. The van der Waals surface area contributed by atoms with Crippen molar-refractivity contribution in [2.45, 2.75) is 32.1 Å². The Morgan fingerprint density at radius 2 is 2.11 bits per heavy atom. The Kier molecular flexibility index (Phi) is 1.87. The van der Waals surface area contributed by atoms with Crippen LogP contribution in [0.3, 0.4) is 0 Å². The standard InChI is InChI=1S/C16H17NO/c17-14-4-2-11-7-15(18)16(9-12(11)6-14)8-10-1-3-13(16)5-10/h1-2,4,6,13H,3,5,7-9,17H2. The summed E-state index contributed by atoms with van der Waals surface area (Å²) in [6, 6.07) is 6.01. The highest BCUT2D eigenvalue weighted by Gasteiger charge is 2.53. The van der Waals surface area contributed by atoms with Crippen LogP contribution in [0.5, 0.6) is 0 Å². The summed E-state index contributed by atoms with van der Waals surface area (Å²) in [7, 11) is 0. The number of nitrogens with two attached hydrogens (primary N) is 1. The summed E-state index contributed by atoms with van der Waals surface area (Å²) in [6.45, 7) is 0. The summed E-state index contributed by atoms with van der Waals surface area (Å²) in [4.78, 5) is 12.6. The third-order valence-electron chi connectivity index (χ3n) is 5.17. The molecule has 1 saturated carbocycles. The van der Waals surface area contributed by atoms with Gasteiger partial charge in [-0.1, -0.05) is 17.7 Å². The van der Waals surface area contributed by atoms with E-state index in [1.54, 1.807) is 0 Å². The van der Waals surface area contributed by atoms with Gasteiger partial charge in [0.25, 0.3) is 0 Å². The maximum absolute atomic E-state index is 12.6. The van der Waals surface area contributed by atoms with Crippen LogP contribution in [-0.2, 0) is 17.6 Å². The third kappa shape index (κ3) is 1.21. The van der Waals surface area contributed by atoms with Crippen LogP contribution < -0.4 is 5.73 Å². The number of hydrogen-bond donors (Lipinski definition) is 1. The first-order chi connectivity index (χ1) is 8.67. The summed E-state index contributed by atoms with van der Waals surface area (Å²) in [5, 5.41) is 0. The van der Waals surface area contributed by atoms with Crippen molar-refractivity contribution in [1.29, 1.82) is 0 Å². The van der Waals surface area contributed by atoms with Crippen molar-refractivity contribution in [2.24, 2.45) is 11.3 Å². The van der Waals surface area contributed by atoms with Crippen molar-refractivity contribution < 1.29 is 4.79 Å². The van der Waals surface area contributed by atoms with E-state index in [1.165, 1.54) is 16.7 Å². The van der Waals surface area contributed by atoms with Gasteiger partial charge in [-0.3, -0.25) is 4.79 Å². The average molecular weight is 239 g/mol. The highest BCUT2D eigenvalue weighted by atomic mass is 16.1. The molecule has 0 saturated heterocycles. The fourth-order valence-electron chi connectivity index (χ4n) is 4.21. The smallest absolute Gasteiger partial charge is 0.144 e. The largest absolute Gasteiger partial charge is 0.399 e. The highest BCUT2D eigenvalue weighted by molar-refractivity contribution is 5.90. The number of hydrogen-bond acceptors (Lipinski definition) is 2. The number of ketones is 1. The lowest BCUT2D eigenvalue weighted by Crippen LogP contribution is -2.42. The lowest BCUT2D eigenvalue weighted by Gasteiger charge is -2.39. The van der Waals surface area contributed by atoms with E-state index >= 15 is 0 Å². The van der Waals surface area contributed by atoms with Crippen LogP contribution in [-0.4, -0.2) is 5.78 Å². The molecule has 2 bridgehead atoms. The molecule has 0 aliphatic heterocycles. The fraction of sp³-hybridized carbons (Fsp3) is 0.438. The van der Waals surface area contributed by atoms with Gasteiger partial charge in [0, 0.05) is 17.5 Å². The van der Waals surface area contributed by atoms with Gasteiger partial charge < -0.3 is 5.73 Å². The number of allylic oxidation sites excluding steroid dienone is 2. The van der Waals surface area contributed by atoms with Gasteiger partial charge in [0.15, 0.2) is 0 Å². The van der Waals surface area contributed by atoms with Crippen LogP contribution in [0.25, 0.3) is 0 Å². The van der Waals surface area contributed by atoms with E-state index in [2.05, 4.69) is 12.1 Å². The number of nitrogen functional groups attached to an aromatic ring is 1. The molecule has 4 rings (SSSR count). The van der Waals surface area contributed by atoms with Gasteiger partial charge in [-0.05, 0) is 54.9 Å². The molecule has 0 amide bonds. The molecular weight excluding hydrogens is 222 g/mol. The molecule has 2 unspecified atom stereocenters. The first kappa shape index (κ1) is 10.4. The molecule has 0 aromatic heterocycles. The Hall–Kier alpha value is -1.57. The molecule has 18 heavy (non-hydrogen) atoms. The maximum Gasteiger partial charge on any atom is 0.144 e. The van der Waals surface area contributed by atoms with E-state index in [0.717, 1.165) is 31.4 Å². The maximum atomic E-state index is 12.6. The number of benzene rings is 1. The molecule has 1 spiro atoms. The summed E-state index contributed by atoms with van der Waals surface area (Å²) < 4.78 is 0. The lowest BCUT2D eigenvalue weighted by molar-refractivity contribution is -0.131. The molecule has 2 nitrogen and oxygen atoms in total. The highest BCUT2D eigenvalue weighted by Crippen LogP contribution is 2.56. The molecule has 2 atom stereocenters. The predicted octanol–water partition coefficient (Wildman–Crippen LogP) is 2.66. The second-order valence-corrected chi connectivity index (χ2v) is 6.14. The minimum atomic E-state index is -0.0785. The quantitative estimate of drug-likeness (QED) is 0.558. The SMILES string of the molecule is Nc1ccc2c(c1)CC1(CC3=CCC1C3)C(=O)C2. The minimum absolute atomic E-state index is 0.0785. The van der Waals surface area contributed by atoms with Crippen molar-refractivity contribution in [3.05, 3.63) is 41.0 Å². The summed E-state index contributed by atoms with van der Waals surface area (Å²) in [5.74, 6) is 1.03. The second-order valence-electron chi connectivity index (χ2n) is 6.14. The van der Waals surface area contributed by atoms with Gasteiger partial charge in [0.1, 0.15) is 5.78 Å². The number of Topliss-reactive ketones (excluding diaryl/α,β-unsaturated/α-hetero) is 1. The summed E-state index contributed by atoms with van der Waals surface area (Å²) in [5.41, 5.74) is 10.6. The van der Waals surface area contributed by atoms with Crippen molar-refractivity contribution >= 4 is 11.5 Å². The van der Waals surface area contributed by atoms with Crippen molar-refractivity contribution in [1.82, 2.24) is 0 Å². The van der Waals surface area contributed by atoms with E-state index in [4.69, 9.17) is 5.73 Å². The Morgan fingerprint density at radius 3 is 2.83 bits per heavy atom. The first-order valence-electron chi connectivity index (χ1n) is 6.76. The second kappa shape index (κ2) is 3.25. The van der Waals surface area contributed by atoms with E-state index in [0.29, 0.717) is 18.1 Å². The number of carbonyl (C=O) groups excluding carboxylic acids is 1. The zero-order valence-electron chi connectivity index (χ0n) is 10.4. The molecule has 2 N–H and O–H groups in total. The van der Waals surface area contributed by atoms with Crippen molar-refractivity contribution in [3.63, 3.8) is 0 Å². The number of fused-ring (bicyclic) bond motifs is 4. The molecule has 0 radical (unpaired) electrons. The zero-order valence-corrected chi connectivity index (χ0v) is 10.4. The molecule has 1 aromatic carbocycles. The molecule has 0 heterocycles. The van der Waals surface area contributed by atoms with E-state index in [1.807, 2.05) is 12.1 Å². The molecule has 1 fully saturated rings. The average Bonchev–Trinajstić information content (AvgIpc) is 2.92. The topological polar surface area (TPSA) is 43.1 Å². The number of carbonyl (C=O) groups is 1. The van der Waals surface area contributed by atoms with Crippen molar-refractivity contribution in [2.75, 3.05) is 5.73 Å².